The normalized spacial score (nSPS) is 11.7. The molecule has 1 aromatic carbocycles. The van der Waals surface area contributed by atoms with Crippen LogP contribution in [0.25, 0.3) is 0 Å². The molecule has 0 aliphatic heterocycles. The Kier molecular flexibility index (Phi) is 4.56. The second-order valence-electron chi connectivity index (χ2n) is 4.21. The van der Waals surface area contributed by atoms with E-state index in [9.17, 15) is 14.9 Å². The van der Waals surface area contributed by atoms with Crippen LogP contribution in [0.5, 0.6) is 5.75 Å². The molecule has 0 saturated heterocycles. The van der Waals surface area contributed by atoms with Crippen molar-refractivity contribution in [2.75, 3.05) is 0 Å². The van der Waals surface area contributed by atoms with E-state index < -0.39 is 22.6 Å². The summed E-state index contributed by atoms with van der Waals surface area (Å²) in [6.45, 7) is 3.48. The summed E-state index contributed by atoms with van der Waals surface area (Å²) in [5.41, 5.74) is 4.90. The largest absolute Gasteiger partial charge is 0.424 e. The number of nitro groups is 1. The van der Waals surface area contributed by atoms with Crippen LogP contribution in [-0.4, -0.2) is 16.9 Å². The van der Waals surface area contributed by atoms with Crippen LogP contribution in [0.1, 0.15) is 19.4 Å². The van der Waals surface area contributed by atoms with Gasteiger partial charge >= 0.3 is 5.97 Å². The van der Waals surface area contributed by atoms with Gasteiger partial charge in [-0.05, 0) is 12.0 Å². The maximum absolute atomic E-state index is 11.7. The summed E-state index contributed by atoms with van der Waals surface area (Å²) >= 11 is 0. The molecule has 0 unspecified atom stereocenters. The van der Waals surface area contributed by atoms with Crippen molar-refractivity contribution in [3.8, 4) is 11.8 Å². The first-order valence-electron chi connectivity index (χ1n) is 5.53. The highest BCUT2D eigenvalue weighted by molar-refractivity contribution is 5.79. The van der Waals surface area contributed by atoms with E-state index in [1.807, 2.05) is 0 Å². The molecule has 100 valence electrons. The Morgan fingerprint density at radius 3 is 2.63 bits per heavy atom. The molecule has 0 heterocycles. The minimum absolute atomic E-state index is 0.142. The van der Waals surface area contributed by atoms with Gasteiger partial charge in [-0.1, -0.05) is 19.9 Å². The minimum Gasteiger partial charge on any atom is -0.424 e. The van der Waals surface area contributed by atoms with E-state index >= 15 is 0 Å². The second kappa shape index (κ2) is 5.93. The van der Waals surface area contributed by atoms with Crippen LogP contribution < -0.4 is 10.5 Å². The van der Waals surface area contributed by atoms with Gasteiger partial charge in [0.15, 0.2) is 11.3 Å². The number of hydrogen-bond acceptors (Lipinski definition) is 6. The van der Waals surface area contributed by atoms with E-state index in [1.165, 1.54) is 12.1 Å². The molecule has 19 heavy (non-hydrogen) atoms. The fourth-order valence-corrected chi connectivity index (χ4v) is 1.32. The lowest BCUT2D eigenvalue weighted by molar-refractivity contribution is -0.385. The molecule has 0 fully saturated rings. The number of esters is 1. The van der Waals surface area contributed by atoms with Crippen LogP contribution >= 0.6 is 0 Å². The summed E-state index contributed by atoms with van der Waals surface area (Å²) in [7, 11) is 0. The van der Waals surface area contributed by atoms with E-state index in [4.69, 9.17) is 15.7 Å². The minimum atomic E-state index is -0.856. The van der Waals surface area contributed by atoms with Crippen molar-refractivity contribution >= 4 is 11.7 Å². The number of carbonyl (C=O) groups excluding carboxylic acids is 1. The molecule has 0 aliphatic carbocycles. The summed E-state index contributed by atoms with van der Waals surface area (Å²) in [4.78, 5) is 21.7. The van der Waals surface area contributed by atoms with Gasteiger partial charge in [0.1, 0.15) is 12.1 Å². The van der Waals surface area contributed by atoms with Crippen molar-refractivity contribution in [2.24, 2.45) is 11.7 Å². The van der Waals surface area contributed by atoms with Gasteiger partial charge in [0, 0.05) is 6.07 Å². The third kappa shape index (κ3) is 3.26. The molecule has 0 radical (unpaired) electrons. The van der Waals surface area contributed by atoms with Crippen LogP contribution in [-0.2, 0) is 4.79 Å². The molecule has 1 atom stereocenters. The Hall–Kier alpha value is -2.46. The van der Waals surface area contributed by atoms with Gasteiger partial charge in [-0.3, -0.25) is 10.1 Å². The molecule has 0 aromatic heterocycles. The zero-order valence-electron chi connectivity index (χ0n) is 10.5. The lowest BCUT2D eigenvalue weighted by atomic mass is 10.1. The molecule has 7 nitrogen and oxygen atoms in total. The number of benzene rings is 1. The summed E-state index contributed by atoms with van der Waals surface area (Å²) < 4.78 is 4.96. The zero-order chi connectivity index (χ0) is 14.6. The average molecular weight is 263 g/mol. The lowest BCUT2D eigenvalue weighted by Gasteiger charge is -2.14. The van der Waals surface area contributed by atoms with Crippen LogP contribution in [0.2, 0.25) is 0 Å². The van der Waals surface area contributed by atoms with Crippen molar-refractivity contribution in [1.29, 1.82) is 5.26 Å². The van der Waals surface area contributed by atoms with E-state index in [-0.39, 0.29) is 17.2 Å². The Balaban J connectivity index is 3.10. The molecular formula is C12H13N3O4. The number of nitrogens with zero attached hydrogens (tertiary/aromatic N) is 2. The summed E-state index contributed by atoms with van der Waals surface area (Å²) in [5, 5.41) is 19.7. The quantitative estimate of drug-likeness (QED) is 0.379. The maximum Gasteiger partial charge on any atom is 0.328 e. The first-order valence-corrected chi connectivity index (χ1v) is 5.53. The highest BCUT2D eigenvalue weighted by Crippen LogP contribution is 2.27. The first kappa shape index (κ1) is 14.6. The van der Waals surface area contributed by atoms with E-state index in [2.05, 4.69) is 0 Å². The molecule has 0 bridgehead atoms. The van der Waals surface area contributed by atoms with E-state index in [1.54, 1.807) is 19.9 Å². The molecule has 1 aromatic rings. The van der Waals surface area contributed by atoms with Crippen LogP contribution in [0.15, 0.2) is 18.2 Å². The standard InChI is InChI=1S/C12H13N3O4/c1-7(2)11(14)12(16)19-10-5-3-4-9(15(17)18)8(10)6-13/h3-5,7,11H,14H2,1-2H3/t11-/m0/s1. The molecular weight excluding hydrogens is 250 g/mol. The van der Waals surface area contributed by atoms with Gasteiger partial charge in [0.25, 0.3) is 5.69 Å². The van der Waals surface area contributed by atoms with Crippen molar-refractivity contribution in [3.63, 3.8) is 0 Å². The van der Waals surface area contributed by atoms with Crippen molar-refractivity contribution in [2.45, 2.75) is 19.9 Å². The van der Waals surface area contributed by atoms with Crippen molar-refractivity contribution in [1.82, 2.24) is 0 Å². The van der Waals surface area contributed by atoms with E-state index in [0.717, 1.165) is 6.07 Å². The molecule has 0 saturated carbocycles. The second-order valence-corrected chi connectivity index (χ2v) is 4.21. The van der Waals surface area contributed by atoms with Gasteiger partial charge < -0.3 is 10.5 Å². The third-order valence-corrected chi connectivity index (χ3v) is 2.51. The van der Waals surface area contributed by atoms with Crippen LogP contribution in [0.4, 0.5) is 5.69 Å². The SMILES string of the molecule is CC(C)[C@H](N)C(=O)Oc1cccc([N+](=O)[O-])c1C#N. The number of nitrogens with two attached hydrogens (primary N) is 1. The molecule has 0 aliphatic rings. The average Bonchev–Trinajstić information content (AvgIpc) is 2.37. The van der Waals surface area contributed by atoms with E-state index in [0.29, 0.717) is 0 Å². The lowest BCUT2D eigenvalue weighted by Crippen LogP contribution is -2.38. The van der Waals surface area contributed by atoms with Crippen molar-refractivity contribution < 1.29 is 14.5 Å². The Bertz CT molecular complexity index is 548. The topological polar surface area (TPSA) is 119 Å². The monoisotopic (exact) mass is 263 g/mol. The smallest absolute Gasteiger partial charge is 0.328 e. The molecule has 0 spiro atoms. The molecule has 1 rings (SSSR count). The van der Waals surface area contributed by atoms with Gasteiger partial charge in [-0.25, -0.2) is 4.79 Å². The number of rotatable bonds is 4. The van der Waals surface area contributed by atoms with Crippen LogP contribution in [0.3, 0.4) is 0 Å². The number of ether oxygens (including phenoxy) is 1. The molecule has 0 amide bonds. The predicted octanol–water partition coefficient (Wildman–Crippen LogP) is 1.36. The summed E-state index contributed by atoms with van der Waals surface area (Å²) in [6.07, 6.45) is 0. The summed E-state index contributed by atoms with van der Waals surface area (Å²) in [5.74, 6) is -1.03. The summed E-state index contributed by atoms with van der Waals surface area (Å²) in [6, 6.07) is 4.62. The first-order chi connectivity index (χ1) is 8.88. The third-order valence-electron chi connectivity index (χ3n) is 2.51. The highest BCUT2D eigenvalue weighted by Gasteiger charge is 2.24. The number of nitriles is 1. The van der Waals surface area contributed by atoms with Gasteiger partial charge in [0.2, 0.25) is 0 Å². The number of hydrogen-bond donors (Lipinski definition) is 1. The van der Waals surface area contributed by atoms with Gasteiger partial charge in [-0.2, -0.15) is 5.26 Å². The Labute approximate surface area is 109 Å². The van der Waals surface area contributed by atoms with Crippen molar-refractivity contribution in [3.05, 3.63) is 33.9 Å². The Morgan fingerprint density at radius 1 is 1.53 bits per heavy atom. The fourth-order valence-electron chi connectivity index (χ4n) is 1.32. The fraction of sp³-hybridized carbons (Fsp3) is 0.333. The highest BCUT2D eigenvalue weighted by atomic mass is 16.6. The molecule has 2 N–H and O–H groups in total. The maximum atomic E-state index is 11.7. The number of nitro benzene ring substituents is 1. The molecule has 7 heteroatoms. The van der Waals surface area contributed by atoms with Gasteiger partial charge in [-0.15, -0.1) is 0 Å². The Morgan fingerprint density at radius 2 is 2.16 bits per heavy atom. The van der Waals surface area contributed by atoms with Gasteiger partial charge in [0.05, 0.1) is 4.92 Å². The predicted molar refractivity (Wildman–Crippen MR) is 66.3 cm³/mol. The zero-order valence-corrected chi connectivity index (χ0v) is 10.5. The van der Waals surface area contributed by atoms with Crippen LogP contribution in [0, 0.1) is 27.4 Å². The number of carbonyl (C=O) groups is 1.